The van der Waals surface area contributed by atoms with Gasteiger partial charge in [0.25, 0.3) is 0 Å². The number of anilines is 1. The number of nitrogens with zero attached hydrogens (tertiary/aromatic N) is 2. The van der Waals surface area contributed by atoms with Crippen LogP contribution >= 0.6 is 0 Å². The quantitative estimate of drug-likeness (QED) is 0.824. The maximum absolute atomic E-state index is 8.82. The predicted octanol–water partition coefficient (Wildman–Crippen LogP) is 2.20. The SMILES string of the molecule is Cc1ccc(C)c(N2CCN(CCCCO)CC2)c1. The normalized spacial score (nSPS) is 16.9. The lowest BCUT2D eigenvalue weighted by Gasteiger charge is -2.37. The van der Waals surface area contributed by atoms with Crippen LogP contribution in [0, 0.1) is 13.8 Å². The van der Waals surface area contributed by atoms with Crippen molar-refractivity contribution in [3.8, 4) is 0 Å². The van der Waals surface area contributed by atoms with E-state index in [0.717, 1.165) is 45.6 Å². The Bertz CT molecular complexity index is 398. The molecule has 1 aliphatic heterocycles. The summed E-state index contributed by atoms with van der Waals surface area (Å²) in [4.78, 5) is 5.02. The zero-order valence-corrected chi connectivity index (χ0v) is 12.2. The Labute approximate surface area is 116 Å². The summed E-state index contributed by atoms with van der Waals surface area (Å²) in [6.07, 6.45) is 2.04. The van der Waals surface area contributed by atoms with Crippen molar-refractivity contribution < 1.29 is 5.11 Å². The summed E-state index contributed by atoms with van der Waals surface area (Å²) in [7, 11) is 0. The molecule has 3 heteroatoms. The molecule has 19 heavy (non-hydrogen) atoms. The molecular formula is C16H26N2O. The highest BCUT2D eigenvalue weighted by molar-refractivity contribution is 5.55. The summed E-state index contributed by atoms with van der Waals surface area (Å²) in [5.74, 6) is 0. The molecule has 1 N–H and O–H groups in total. The van der Waals surface area contributed by atoms with Gasteiger partial charge in [0.05, 0.1) is 0 Å². The van der Waals surface area contributed by atoms with Crippen LogP contribution in [-0.2, 0) is 0 Å². The van der Waals surface area contributed by atoms with E-state index in [0.29, 0.717) is 6.61 Å². The number of hydrogen-bond acceptors (Lipinski definition) is 3. The van der Waals surface area contributed by atoms with Crippen molar-refractivity contribution in [2.45, 2.75) is 26.7 Å². The number of unbranched alkanes of at least 4 members (excludes halogenated alkanes) is 1. The number of piperazine rings is 1. The van der Waals surface area contributed by atoms with E-state index in [9.17, 15) is 0 Å². The van der Waals surface area contributed by atoms with Crippen molar-refractivity contribution in [3.63, 3.8) is 0 Å². The molecule has 0 bridgehead atoms. The standard InChI is InChI=1S/C16H26N2O/c1-14-5-6-15(2)16(13-14)18-10-8-17(9-11-18)7-3-4-12-19/h5-6,13,19H,3-4,7-12H2,1-2H3. The molecule has 0 aromatic heterocycles. The van der Waals surface area contributed by atoms with Gasteiger partial charge in [0.15, 0.2) is 0 Å². The molecule has 0 aliphatic carbocycles. The third kappa shape index (κ3) is 3.95. The fourth-order valence-corrected chi connectivity index (χ4v) is 2.72. The highest BCUT2D eigenvalue weighted by Gasteiger charge is 2.17. The first kappa shape index (κ1) is 14.4. The van der Waals surface area contributed by atoms with Crippen molar-refractivity contribution >= 4 is 5.69 Å². The lowest BCUT2D eigenvalue weighted by Crippen LogP contribution is -2.46. The minimum absolute atomic E-state index is 0.322. The Morgan fingerprint density at radius 3 is 2.47 bits per heavy atom. The van der Waals surface area contributed by atoms with Gasteiger partial charge in [-0.1, -0.05) is 12.1 Å². The molecule has 1 aliphatic rings. The number of aryl methyl sites for hydroxylation is 2. The Balaban J connectivity index is 1.87. The first-order valence-corrected chi connectivity index (χ1v) is 7.36. The van der Waals surface area contributed by atoms with Gasteiger partial charge in [-0.05, 0) is 50.4 Å². The third-order valence-electron chi connectivity index (χ3n) is 3.96. The van der Waals surface area contributed by atoms with Crippen LogP contribution in [0.25, 0.3) is 0 Å². The van der Waals surface area contributed by atoms with E-state index in [1.807, 2.05) is 0 Å². The molecule has 0 atom stereocenters. The van der Waals surface area contributed by atoms with Gasteiger partial charge in [0, 0.05) is 38.5 Å². The summed E-state index contributed by atoms with van der Waals surface area (Å²) in [6, 6.07) is 6.71. The van der Waals surface area contributed by atoms with E-state index in [-0.39, 0.29) is 0 Å². The maximum atomic E-state index is 8.82. The Morgan fingerprint density at radius 1 is 1.05 bits per heavy atom. The average Bonchev–Trinajstić information content (AvgIpc) is 2.43. The second-order valence-electron chi connectivity index (χ2n) is 5.55. The van der Waals surface area contributed by atoms with Gasteiger partial charge in [0.2, 0.25) is 0 Å². The fraction of sp³-hybridized carbons (Fsp3) is 0.625. The van der Waals surface area contributed by atoms with Gasteiger partial charge in [-0.25, -0.2) is 0 Å². The topological polar surface area (TPSA) is 26.7 Å². The maximum Gasteiger partial charge on any atom is 0.0431 e. The molecule has 0 amide bonds. The molecule has 0 unspecified atom stereocenters. The molecule has 0 saturated carbocycles. The van der Waals surface area contributed by atoms with Crippen LogP contribution in [-0.4, -0.2) is 49.3 Å². The minimum Gasteiger partial charge on any atom is -0.396 e. The van der Waals surface area contributed by atoms with Gasteiger partial charge in [0.1, 0.15) is 0 Å². The number of aliphatic hydroxyl groups is 1. The smallest absolute Gasteiger partial charge is 0.0431 e. The molecule has 2 rings (SSSR count). The number of hydrogen-bond donors (Lipinski definition) is 1. The lowest BCUT2D eigenvalue weighted by atomic mass is 10.1. The van der Waals surface area contributed by atoms with E-state index >= 15 is 0 Å². The summed E-state index contributed by atoms with van der Waals surface area (Å²) in [5, 5.41) is 8.82. The molecule has 0 radical (unpaired) electrons. The van der Waals surface area contributed by atoms with Crippen LogP contribution in [0.4, 0.5) is 5.69 Å². The average molecular weight is 262 g/mol. The van der Waals surface area contributed by atoms with Crippen molar-refractivity contribution in [2.75, 3.05) is 44.2 Å². The van der Waals surface area contributed by atoms with Crippen molar-refractivity contribution in [1.29, 1.82) is 0 Å². The van der Waals surface area contributed by atoms with Gasteiger partial charge >= 0.3 is 0 Å². The Kier molecular flexibility index (Phi) is 5.23. The van der Waals surface area contributed by atoms with Gasteiger partial charge in [-0.2, -0.15) is 0 Å². The number of benzene rings is 1. The fourth-order valence-electron chi connectivity index (χ4n) is 2.72. The van der Waals surface area contributed by atoms with E-state index in [2.05, 4.69) is 41.8 Å². The molecule has 1 fully saturated rings. The molecular weight excluding hydrogens is 236 g/mol. The summed E-state index contributed by atoms with van der Waals surface area (Å²) in [6.45, 7) is 10.3. The van der Waals surface area contributed by atoms with Crippen LogP contribution < -0.4 is 4.90 Å². The summed E-state index contributed by atoms with van der Waals surface area (Å²) in [5.41, 5.74) is 4.11. The second kappa shape index (κ2) is 6.92. The van der Waals surface area contributed by atoms with E-state index in [4.69, 9.17) is 5.11 Å². The Morgan fingerprint density at radius 2 is 1.79 bits per heavy atom. The molecule has 106 valence electrons. The van der Waals surface area contributed by atoms with Crippen molar-refractivity contribution in [1.82, 2.24) is 4.90 Å². The molecule has 0 spiro atoms. The second-order valence-corrected chi connectivity index (χ2v) is 5.55. The molecule has 1 saturated heterocycles. The predicted molar refractivity (Wildman–Crippen MR) is 80.9 cm³/mol. The third-order valence-corrected chi connectivity index (χ3v) is 3.96. The van der Waals surface area contributed by atoms with Crippen LogP contribution in [0.5, 0.6) is 0 Å². The summed E-state index contributed by atoms with van der Waals surface area (Å²) >= 11 is 0. The molecule has 1 heterocycles. The molecule has 3 nitrogen and oxygen atoms in total. The largest absolute Gasteiger partial charge is 0.396 e. The van der Waals surface area contributed by atoms with Crippen LogP contribution in [0.2, 0.25) is 0 Å². The number of aliphatic hydroxyl groups excluding tert-OH is 1. The van der Waals surface area contributed by atoms with Crippen molar-refractivity contribution in [3.05, 3.63) is 29.3 Å². The van der Waals surface area contributed by atoms with Crippen molar-refractivity contribution in [2.24, 2.45) is 0 Å². The highest BCUT2D eigenvalue weighted by Crippen LogP contribution is 2.22. The lowest BCUT2D eigenvalue weighted by molar-refractivity contribution is 0.232. The summed E-state index contributed by atoms with van der Waals surface area (Å²) < 4.78 is 0. The number of rotatable bonds is 5. The van der Waals surface area contributed by atoms with Gasteiger partial charge in [-0.3, -0.25) is 4.90 Å². The first-order valence-electron chi connectivity index (χ1n) is 7.36. The highest BCUT2D eigenvalue weighted by atomic mass is 16.2. The zero-order chi connectivity index (χ0) is 13.7. The van der Waals surface area contributed by atoms with E-state index in [1.165, 1.54) is 16.8 Å². The van der Waals surface area contributed by atoms with Crippen LogP contribution in [0.3, 0.4) is 0 Å². The first-order chi connectivity index (χ1) is 9.20. The van der Waals surface area contributed by atoms with Gasteiger partial charge in [-0.15, -0.1) is 0 Å². The van der Waals surface area contributed by atoms with E-state index < -0.39 is 0 Å². The zero-order valence-electron chi connectivity index (χ0n) is 12.2. The Hall–Kier alpha value is -1.06. The monoisotopic (exact) mass is 262 g/mol. The molecule has 1 aromatic carbocycles. The van der Waals surface area contributed by atoms with Crippen LogP contribution in [0.15, 0.2) is 18.2 Å². The minimum atomic E-state index is 0.322. The molecule has 1 aromatic rings. The van der Waals surface area contributed by atoms with Crippen LogP contribution in [0.1, 0.15) is 24.0 Å². The van der Waals surface area contributed by atoms with Gasteiger partial charge < -0.3 is 10.0 Å². The van der Waals surface area contributed by atoms with E-state index in [1.54, 1.807) is 0 Å².